The molecule has 0 heterocycles. The zero-order valence-corrected chi connectivity index (χ0v) is 14.5. The van der Waals surface area contributed by atoms with Crippen LogP contribution in [0.4, 0.5) is 22.4 Å². The second-order valence-corrected chi connectivity index (χ2v) is 6.28. The minimum Gasteiger partial charge on any atom is -0.497 e. The summed E-state index contributed by atoms with van der Waals surface area (Å²) in [7, 11) is 1.54. The number of urea groups is 1. The summed E-state index contributed by atoms with van der Waals surface area (Å²) < 4.78 is 59.0. The quantitative estimate of drug-likeness (QED) is 0.617. The van der Waals surface area contributed by atoms with Crippen LogP contribution in [0.25, 0.3) is 0 Å². The molecule has 0 saturated heterocycles. The summed E-state index contributed by atoms with van der Waals surface area (Å²) in [6, 6.07) is 4.73. The summed E-state index contributed by atoms with van der Waals surface area (Å²) >= 11 is 0. The van der Waals surface area contributed by atoms with Gasteiger partial charge >= 0.3 is 6.03 Å². The van der Waals surface area contributed by atoms with E-state index in [-0.39, 0.29) is 12.1 Å². The van der Waals surface area contributed by atoms with Gasteiger partial charge in [0, 0.05) is 11.6 Å². The van der Waals surface area contributed by atoms with Crippen LogP contribution in [0.5, 0.6) is 5.75 Å². The van der Waals surface area contributed by atoms with Crippen molar-refractivity contribution in [3.05, 3.63) is 64.2 Å². The van der Waals surface area contributed by atoms with Gasteiger partial charge in [-0.25, -0.2) is 22.4 Å². The van der Waals surface area contributed by atoms with Crippen molar-refractivity contribution in [1.82, 2.24) is 10.6 Å². The lowest BCUT2D eigenvalue weighted by atomic mass is 9.87. The molecule has 0 fully saturated rings. The molecule has 2 N–H and O–H groups in total. The predicted molar refractivity (Wildman–Crippen MR) is 90.3 cm³/mol. The van der Waals surface area contributed by atoms with Gasteiger partial charge in [0.2, 0.25) is 0 Å². The number of fused-ring (bicyclic) bond motifs is 1. The minimum absolute atomic E-state index is 0.126. The van der Waals surface area contributed by atoms with E-state index in [1.807, 2.05) is 18.2 Å². The van der Waals surface area contributed by atoms with Crippen LogP contribution in [0.2, 0.25) is 0 Å². The first-order chi connectivity index (χ1) is 12.9. The van der Waals surface area contributed by atoms with Crippen LogP contribution < -0.4 is 15.4 Å². The van der Waals surface area contributed by atoms with Gasteiger partial charge in [0.05, 0.1) is 19.7 Å². The van der Waals surface area contributed by atoms with Crippen LogP contribution in [-0.2, 0) is 13.0 Å². The van der Waals surface area contributed by atoms with E-state index in [9.17, 15) is 22.4 Å². The molecular formula is C19H18F4N2O2. The van der Waals surface area contributed by atoms with Crippen molar-refractivity contribution in [2.45, 2.75) is 31.8 Å². The number of halogens is 4. The number of aryl methyl sites for hydroxylation is 1. The van der Waals surface area contributed by atoms with Gasteiger partial charge < -0.3 is 15.4 Å². The number of hydrogen-bond donors (Lipinski definition) is 2. The summed E-state index contributed by atoms with van der Waals surface area (Å²) in [5.74, 6) is -5.43. The molecule has 0 radical (unpaired) electrons. The average Bonchev–Trinajstić information content (AvgIpc) is 2.66. The molecule has 0 aliphatic heterocycles. The molecule has 0 aromatic heterocycles. The smallest absolute Gasteiger partial charge is 0.315 e. The lowest BCUT2D eigenvalue weighted by molar-refractivity contribution is 0.234. The Morgan fingerprint density at radius 2 is 1.85 bits per heavy atom. The lowest BCUT2D eigenvalue weighted by Gasteiger charge is -2.27. The van der Waals surface area contributed by atoms with Crippen LogP contribution >= 0.6 is 0 Å². The third-order valence-electron chi connectivity index (χ3n) is 4.60. The molecule has 0 bridgehead atoms. The Hall–Kier alpha value is -2.77. The monoisotopic (exact) mass is 382 g/mol. The number of nitrogens with one attached hydrogen (secondary N) is 2. The number of hydrogen-bond acceptors (Lipinski definition) is 2. The predicted octanol–water partition coefficient (Wildman–Crippen LogP) is 4.13. The van der Waals surface area contributed by atoms with Crippen LogP contribution in [0.1, 0.15) is 35.6 Å². The molecule has 8 heteroatoms. The summed E-state index contributed by atoms with van der Waals surface area (Å²) in [6.45, 7) is -0.685. The molecule has 2 aromatic carbocycles. The van der Waals surface area contributed by atoms with E-state index in [0.717, 1.165) is 24.0 Å². The van der Waals surface area contributed by atoms with Gasteiger partial charge in [-0.3, -0.25) is 0 Å². The Morgan fingerprint density at radius 1 is 1.15 bits per heavy atom. The van der Waals surface area contributed by atoms with Crippen molar-refractivity contribution in [2.24, 2.45) is 0 Å². The van der Waals surface area contributed by atoms with Gasteiger partial charge in [-0.15, -0.1) is 0 Å². The van der Waals surface area contributed by atoms with Gasteiger partial charge in [-0.2, -0.15) is 0 Å². The Balaban J connectivity index is 1.70. The van der Waals surface area contributed by atoms with Gasteiger partial charge in [0.15, 0.2) is 23.3 Å². The molecule has 1 atom stereocenters. The highest BCUT2D eigenvalue weighted by Gasteiger charge is 2.23. The van der Waals surface area contributed by atoms with E-state index >= 15 is 0 Å². The Labute approximate surface area is 153 Å². The highest BCUT2D eigenvalue weighted by molar-refractivity contribution is 5.74. The second kappa shape index (κ2) is 7.85. The number of carbonyl (C=O) groups excluding carboxylic acids is 1. The van der Waals surface area contributed by atoms with E-state index in [0.29, 0.717) is 12.2 Å². The van der Waals surface area contributed by atoms with Crippen molar-refractivity contribution in [3.63, 3.8) is 0 Å². The number of amides is 2. The van der Waals surface area contributed by atoms with Crippen molar-refractivity contribution >= 4 is 6.03 Å². The topological polar surface area (TPSA) is 50.4 Å². The molecule has 27 heavy (non-hydrogen) atoms. The summed E-state index contributed by atoms with van der Waals surface area (Å²) in [5, 5.41) is 4.97. The number of ether oxygens (including phenoxy) is 1. The first-order valence-electron chi connectivity index (χ1n) is 8.43. The third kappa shape index (κ3) is 3.99. The second-order valence-electron chi connectivity index (χ2n) is 6.28. The highest BCUT2D eigenvalue weighted by Crippen LogP contribution is 2.32. The van der Waals surface area contributed by atoms with E-state index in [1.165, 1.54) is 0 Å². The first-order valence-corrected chi connectivity index (χ1v) is 8.43. The lowest BCUT2D eigenvalue weighted by Crippen LogP contribution is -2.39. The molecule has 0 spiro atoms. The Bertz CT molecular complexity index is 847. The van der Waals surface area contributed by atoms with Crippen molar-refractivity contribution in [1.29, 1.82) is 0 Å². The SMILES string of the molecule is COc1ccc2c(c1)C(NC(=O)NCc1c(F)c(F)cc(F)c1F)CCC2. The van der Waals surface area contributed by atoms with E-state index in [1.54, 1.807) is 7.11 Å². The van der Waals surface area contributed by atoms with Crippen molar-refractivity contribution in [3.8, 4) is 5.75 Å². The Kier molecular flexibility index (Phi) is 5.53. The van der Waals surface area contributed by atoms with Crippen LogP contribution in [0.15, 0.2) is 24.3 Å². The van der Waals surface area contributed by atoms with Crippen LogP contribution in [0.3, 0.4) is 0 Å². The van der Waals surface area contributed by atoms with Gasteiger partial charge in [-0.05, 0) is 42.5 Å². The maximum Gasteiger partial charge on any atom is 0.315 e. The fourth-order valence-corrected chi connectivity index (χ4v) is 3.21. The zero-order valence-electron chi connectivity index (χ0n) is 14.5. The zero-order chi connectivity index (χ0) is 19.6. The maximum absolute atomic E-state index is 13.7. The molecule has 144 valence electrons. The molecule has 3 rings (SSSR count). The normalized spacial score (nSPS) is 15.8. The molecular weight excluding hydrogens is 364 g/mol. The largest absolute Gasteiger partial charge is 0.497 e. The standard InChI is InChI=1S/C19H18F4N2O2/c1-27-11-6-5-10-3-2-4-16(12(10)7-11)25-19(26)24-9-13-17(22)14(20)8-15(21)18(13)23/h5-8,16H,2-4,9H2,1H3,(H2,24,25,26). The van der Waals surface area contributed by atoms with E-state index in [2.05, 4.69) is 10.6 Å². The fourth-order valence-electron chi connectivity index (χ4n) is 3.21. The van der Waals surface area contributed by atoms with Crippen molar-refractivity contribution in [2.75, 3.05) is 7.11 Å². The molecule has 0 saturated carbocycles. The number of methoxy groups -OCH3 is 1. The molecule has 1 aliphatic rings. The van der Waals surface area contributed by atoms with Crippen LogP contribution in [0, 0.1) is 23.3 Å². The first kappa shape index (κ1) is 19.0. The summed E-state index contributed by atoms with van der Waals surface area (Å²) in [5.41, 5.74) is 1.12. The fraction of sp³-hybridized carbons (Fsp3) is 0.316. The molecule has 1 aliphatic carbocycles. The number of benzene rings is 2. The van der Waals surface area contributed by atoms with Crippen LogP contribution in [-0.4, -0.2) is 13.1 Å². The Morgan fingerprint density at radius 3 is 2.52 bits per heavy atom. The van der Waals surface area contributed by atoms with Crippen molar-refractivity contribution < 1.29 is 27.1 Å². The molecule has 2 aromatic rings. The van der Waals surface area contributed by atoms with Gasteiger partial charge in [0.25, 0.3) is 0 Å². The number of carbonyl (C=O) groups is 1. The molecule has 2 amide bonds. The third-order valence-corrected chi connectivity index (χ3v) is 4.60. The maximum atomic E-state index is 13.7. The highest BCUT2D eigenvalue weighted by atomic mass is 19.2. The summed E-state index contributed by atoms with van der Waals surface area (Å²) in [4.78, 5) is 12.2. The minimum atomic E-state index is -1.53. The molecule has 4 nitrogen and oxygen atoms in total. The van der Waals surface area contributed by atoms with E-state index < -0.39 is 41.4 Å². The van der Waals surface area contributed by atoms with Gasteiger partial charge in [-0.1, -0.05) is 6.07 Å². The average molecular weight is 382 g/mol. The summed E-state index contributed by atoms with van der Waals surface area (Å²) in [6.07, 6.45) is 2.42. The molecule has 1 unspecified atom stereocenters. The van der Waals surface area contributed by atoms with Gasteiger partial charge in [0.1, 0.15) is 5.75 Å². The van der Waals surface area contributed by atoms with E-state index in [4.69, 9.17) is 4.74 Å². The number of rotatable bonds is 4.